The smallest absolute Gasteiger partial charge is 0.133 e. The number of benzene rings is 2. The highest BCUT2D eigenvalue weighted by Crippen LogP contribution is 2.33. The number of nitrogens with one attached hydrogen (secondary N) is 2. The van der Waals surface area contributed by atoms with Crippen LogP contribution in [0.25, 0.3) is 0 Å². The molecule has 0 saturated carbocycles. The maximum absolute atomic E-state index is 10.4. The molecular weight excluding hydrogens is 332 g/mol. The van der Waals surface area contributed by atoms with Crippen molar-refractivity contribution in [2.45, 2.75) is 19.1 Å². The molecule has 1 fully saturated rings. The van der Waals surface area contributed by atoms with E-state index in [4.69, 9.17) is 14.2 Å². The van der Waals surface area contributed by atoms with Crippen LogP contribution in [0.15, 0.2) is 54.6 Å². The average molecular weight is 356 g/mol. The number of methoxy groups -OCH3 is 1. The molecule has 6 heteroatoms. The van der Waals surface area contributed by atoms with Gasteiger partial charge >= 0.3 is 0 Å². The second-order valence-corrected chi connectivity index (χ2v) is 6.30. The van der Waals surface area contributed by atoms with Crippen molar-refractivity contribution in [1.29, 1.82) is 0 Å². The Morgan fingerprint density at radius 3 is 2.50 bits per heavy atom. The third kappa shape index (κ3) is 4.28. The van der Waals surface area contributed by atoms with E-state index < -0.39 is 0 Å². The van der Waals surface area contributed by atoms with E-state index in [2.05, 4.69) is 17.4 Å². The normalized spacial score (nSPS) is 19.2. The zero-order valence-corrected chi connectivity index (χ0v) is 15.0. The van der Waals surface area contributed by atoms with Gasteiger partial charge in [0.1, 0.15) is 35.7 Å². The Hall–Kier alpha value is -2.70. The van der Waals surface area contributed by atoms with Crippen molar-refractivity contribution in [3.63, 3.8) is 0 Å². The summed E-state index contributed by atoms with van der Waals surface area (Å²) < 4.78 is 16.8. The number of phenols is 1. The Morgan fingerprint density at radius 1 is 1.15 bits per heavy atom. The molecule has 0 amide bonds. The van der Waals surface area contributed by atoms with Crippen molar-refractivity contribution in [3.05, 3.63) is 60.2 Å². The lowest BCUT2D eigenvalue weighted by molar-refractivity contribution is 0.195. The number of hydrogen-bond acceptors (Lipinski definition) is 6. The number of phenolic OH excluding ortho intramolecular Hbond substituents is 1. The zero-order chi connectivity index (χ0) is 18.5. The summed E-state index contributed by atoms with van der Waals surface area (Å²) in [5.41, 5.74) is 7.92. The van der Waals surface area contributed by atoms with E-state index in [9.17, 15) is 5.11 Å². The minimum atomic E-state index is -0.188. The largest absolute Gasteiger partial charge is 0.507 e. The molecule has 0 spiro atoms. The summed E-state index contributed by atoms with van der Waals surface area (Å²) in [6.07, 6.45) is -0.170. The van der Waals surface area contributed by atoms with E-state index in [0.29, 0.717) is 18.9 Å². The summed E-state index contributed by atoms with van der Waals surface area (Å²) in [5.74, 6) is 2.29. The fraction of sp³-hybridized carbons (Fsp3) is 0.300. The predicted molar refractivity (Wildman–Crippen MR) is 99.7 cm³/mol. The van der Waals surface area contributed by atoms with E-state index in [1.54, 1.807) is 13.2 Å². The summed E-state index contributed by atoms with van der Waals surface area (Å²) in [5, 5.41) is 10.4. The lowest BCUT2D eigenvalue weighted by Gasteiger charge is -2.21. The third-order valence-electron chi connectivity index (χ3n) is 4.10. The van der Waals surface area contributed by atoms with Gasteiger partial charge in [-0.15, -0.1) is 0 Å². The van der Waals surface area contributed by atoms with Crippen LogP contribution in [0.1, 0.15) is 18.5 Å². The number of ether oxygens (including phenoxy) is 3. The van der Waals surface area contributed by atoms with Crippen molar-refractivity contribution >= 4 is 0 Å². The average Bonchev–Trinajstić information content (AvgIpc) is 3.08. The Labute approximate surface area is 153 Å². The van der Waals surface area contributed by atoms with Crippen LogP contribution in [0.2, 0.25) is 0 Å². The van der Waals surface area contributed by atoms with Crippen LogP contribution in [0.5, 0.6) is 23.0 Å². The van der Waals surface area contributed by atoms with Gasteiger partial charge in [-0.05, 0) is 48.9 Å². The molecule has 0 aliphatic carbocycles. The van der Waals surface area contributed by atoms with Gasteiger partial charge in [0.2, 0.25) is 0 Å². The van der Waals surface area contributed by atoms with Gasteiger partial charge in [-0.3, -0.25) is 5.43 Å². The van der Waals surface area contributed by atoms with Crippen LogP contribution in [-0.2, 0) is 0 Å². The Kier molecular flexibility index (Phi) is 5.65. The molecule has 26 heavy (non-hydrogen) atoms. The Morgan fingerprint density at radius 2 is 1.85 bits per heavy atom. The summed E-state index contributed by atoms with van der Waals surface area (Å²) >= 11 is 0. The van der Waals surface area contributed by atoms with Crippen molar-refractivity contribution in [1.82, 2.24) is 10.9 Å². The number of aromatic hydroxyl groups is 1. The van der Waals surface area contributed by atoms with Gasteiger partial charge < -0.3 is 19.3 Å². The van der Waals surface area contributed by atoms with Gasteiger partial charge in [-0.1, -0.05) is 6.58 Å². The molecule has 0 radical (unpaired) electrons. The van der Waals surface area contributed by atoms with Crippen LogP contribution in [0.3, 0.4) is 0 Å². The number of rotatable bonds is 7. The van der Waals surface area contributed by atoms with Gasteiger partial charge in [0.25, 0.3) is 0 Å². The lowest BCUT2D eigenvalue weighted by atomic mass is 10.0. The van der Waals surface area contributed by atoms with E-state index in [1.807, 2.05) is 43.3 Å². The van der Waals surface area contributed by atoms with Gasteiger partial charge in [0.15, 0.2) is 0 Å². The van der Waals surface area contributed by atoms with Crippen LogP contribution in [0, 0.1) is 0 Å². The highest BCUT2D eigenvalue weighted by atomic mass is 16.5. The molecule has 6 nitrogen and oxygen atoms in total. The molecule has 0 aromatic heterocycles. The topological polar surface area (TPSA) is 72.0 Å². The fourth-order valence-corrected chi connectivity index (χ4v) is 2.78. The SMILES string of the molecule is C=C(C)COc1ccc(C2NNCC2Oc2ccc(OC)cc2)c(O)c1. The molecule has 2 aromatic rings. The minimum Gasteiger partial charge on any atom is -0.507 e. The van der Waals surface area contributed by atoms with Crippen LogP contribution in [-0.4, -0.2) is 31.5 Å². The maximum Gasteiger partial charge on any atom is 0.133 e. The second kappa shape index (κ2) is 8.12. The molecular formula is C20H24N2O4. The van der Waals surface area contributed by atoms with E-state index in [-0.39, 0.29) is 17.9 Å². The zero-order valence-electron chi connectivity index (χ0n) is 15.0. The van der Waals surface area contributed by atoms with E-state index >= 15 is 0 Å². The van der Waals surface area contributed by atoms with Crippen molar-refractivity contribution in [2.24, 2.45) is 0 Å². The molecule has 0 bridgehead atoms. The molecule has 3 N–H and O–H groups in total. The summed E-state index contributed by atoms with van der Waals surface area (Å²) in [6, 6.07) is 12.5. The predicted octanol–water partition coefficient (Wildman–Crippen LogP) is 2.95. The molecule has 1 heterocycles. The van der Waals surface area contributed by atoms with Crippen LogP contribution >= 0.6 is 0 Å². The summed E-state index contributed by atoms with van der Waals surface area (Å²) in [4.78, 5) is 0. The van der Waals surface area contributed by atoms with E-state index in [0.717, 1.165) is 22.6 Å². The maximum atomic E-state index is 10.4. The summed E-state index contributed by atoms with van der Waals surface area (Å²) in [7, 11) is 1.63. The highest BCUT2D eigenvalue weighted by molar-refractivity contribution is 5.42. The standard InChI is InChI=1S/C20H24N2O4/c1-13(2)12-25-16-8-9-17(18(23)10-16)20-19(11-21-22-20)26-15-6-4-14(24-3)5-7-15/h4-10,19-23H,1,11-12H2,2-3H3. The molecule has 3 rings (SSSR count). The first kappa shape index (κ1) is 18.1. The third-order valence-corrected chi connectivity index (χ3v) is 4.10. The molecule has 1 saturated heterocycles. The molecule has 2 atom stereocenters. The van der Waals surface area contributed by atoms with Crippen molar-refractivity contribution < 1.29 is 19.3 Å². The van der Waals surface area contributed by atoms with Gasteiger partial charge in [0, 0.05) is 18.2 Å². The Bertz CT molecular complexity index is 761. The second-order valence-electron chi connectivity index (χ2n) is 6.30. The quantitative estimate of drug-likeness (QED) is 0.663. The monoisotopic (exact) mass is 356 g/mol. The fourth-order valence-electron chi connectivity index (χ4n) is 2.78. The van der Waals surface area contributed by atoms with Gasteiger partial charge in [-0.2, -0.15) is 0 Å². The lowest BCUT2D eigenvalue weighted by Crippen LogP contribution is -2.28. The molecule has 138 valence electrons. The number of hydrazine groups is 1. The van der Waals surface area contributed by atoms with Crippen LogP contribution < -0.4 is 25.1 Å². The highest BCUT2D eigenvalue weighted by Gasteiger charge is 2.32. The minimum absolute atomic E-state index is 0.161. The van der Waals surface area contributed by atoms with Crippen molar-refractivity contribution in [2.75, 3.05) is 20.3 Å². The number of hydrogen-bond donors (Lipinski definition) is 3. The van der Waals surface area contributed by atoms with Crippen molar-refractivity contribution in [3.8, 4) is 23.0 Å². The van der Waals surface area contributed by atoms with Crippen LogP contribution in [0.4, 0.5) is 0 Å². The molecule has 2 unspecified atom stereocenters. The molecule has 2 aromatic carbocycles. The first-order valence-electron chi connectivity index (χ1n) is 8.46. The Balaban J connectivity index is 1.71. The first-order chi connectivity index (χ1) is 12.6. The van der Waals surface area contributed by atoms with Gasteiger partial charge in [-0.25, -0.2) is 5.43 Å². The molecule has 1 aliphatic heterocycles. The van der Waals surface area contributed by atoms with E-state index in [1.165, 1.54) is 0 Å². The summed E-state index contributed by atoms with van der Waals surface area (Å²) in [6.45, 7) is 6.73. The molecule has 1 aliphatic rings. The van der Waals surface area contributed by atoms with Gasteiger partial charge in [0.05, 0.1) is 13.2 Å². The first-order valence-corrected chi connectivity index (χ1v) is 8.46.